The predicted octanol–water partition coefficient (Wildman–Crippen LogP) is 5.62. The van der Waals surface area contributed by atoms with E-state index in [0.29, 0.717) is 16.8 Å². The Morgan fingerprint density at radius 2 is 2.14 bits per heavy atom. The van der Waals surface area contributed by atoms with Crippen molar-refractivity contribution in [3.63, 3.8) is 0 Å². The number of Topliss-reactive ketones (excluding diaryl/α,β-unsaturated/α-hetero) is 1. The smallest absolute Gasteiger partial charge is 0.202 e. The summed E-state index contributed by atoms with van der Waals surface area (Å²) in [5.41, 5.74) is 3.44. The molecule has 3 heterocycles. The van der Waals surface area contributed by atoms with E-state index in [0.717, 1.165) is 51.7 Å². The van der Waals surface area contributed by atoms with Gasteiger partial charge in [-0.1, -0.05) is 22.0 Å². The maximum atomic E-state index is 12.9. The van der Waals surface area contributed by atoms with E-state index in [1.165, 1.54) is 0 Å². The van der Waals surface area contributed by atoms with Crippen LogP contribution in [0.2, 0.25) is 0 Å². The van der Waals surface area contributed by atoms with Gasteiger partial charge in [0.15, 0.2) is 12.4 Å². The second-order valence-electron chi connectivity index (χ2n) is 7.31. The van der Waals surface area contributed by atoms with E-state index in [2.05, 4.69) is 41.4 Å². The van der Waals surface area contributed by atoms with Gasteiger partial charge in [-0.25, -0.2) is 0 Å². The monoisotopic (exact) mass is 520 g/mol. The summed E-state index contributed by atoms with van der Waals surface area (Å²) < 4.78 is 15.6. The lowest BCUT2D eigenvalue weighted by Crippen LogP contribution is -2.18. The molecular formula is C22H22Br2N2O3. The quantitative estimate of drug-likeness (QED) is 0.395. The number of hydrogen-bond acceptors (Lipinski definition) is 4. The molecule has 0 spiro atoms. The Bertz CT molecular complexity index is 1070. The Morgan fingerprint density at radius 1 is 1.31 bits per heavy atom. The number of ether oxygens (including phenoxy) is 2. The third kappa shape index (κ3) is 4.13. The number of ketones is 1. The van der Waals surface area contributed by atoms with Gasteiger partial charge < -0.3 is 14.0 Å². The van der Waals surface area contributed by atoms with Crippen molar-refractivity contribution in [1.29, 1.82) is 0 Å². The number of hydrogen-bond donors (Lipinski definition) is 0. The van der Waals surface area contributed by atoms with Crippen molar-refractivity contribution < 1.29 is 14.3 Å². The Balaban J connectivity index is 1.54. The Morgan fingerprint density at radius 3 is 2.90 bits per heavy atom. The Hall–Kier alpha value is -1.70. The fraction of sp³-hybridized carbons (Fsp3) is 0.364. The number of carbonyl (C=O) groups excluding carboxylic acids is 1. The summed E-state index contributed by atoms with van der Waals surface area (Å²) >= 11 is 7.08. The van der Waals surface area contributed by atoms with Crippen LogP contribution in [-0.4, -0.2) is 34.7 Å². The number of benzene rings is 1. The van der Waals surface area contributed by atoms with Crippen LogP contribution in [0.25, 0.3) is 10.9 Å². The van der Waals surface area contributed by atoms with Gasteiger partial charge in [0.1, 0.15) is 5.52 Å². The van der Waals surface area contributed by atoms with Gasteiger partial charge in [-0.05, 0) is 60.8 Å². The average Bonchev–Trinajstić information content (AvgIpc) is 3.31. The molecule has 0 bridgehead atoms. The van der Waals surface area contributed by atoms with Crippen molar-refractivity contribution in [2.24, 2.45) is 0 Å². The number of fused-ring (bicyclic) bond motifs is 1. The van der Waals surface area contributed by atoms with Crippen LogP contribution in [0.1, 0.15) is 34.6 Å². The van der Waals surface area contributed by atoms with Gasteiger partial charge in [0.2, 0.25) is 5.78 Å². The first-order valence-electron chi connectivity index (χ1n) is 9.62. The molecule has 1 aliphatic heterocycles. The number of carbonyl (C=O) groups is 1. The second kappa shape index (κ2) is 8.58. The van der Waals surface area contributed by atoms with E-state index >= 15 is 0 Å². The highest BCUT2D eigenvalue weighted by Gasteiger charge is 2.22. The van der Waals surface area contributed by atoms with Crippen LogP contribution in [0.3, 0.4) is 0 Å². The van der Waals surface area contributed by atoms with E-state index in [1.54, 1.807) is 6.20 Å². The number of rotatable bonds is 6. The largest absolute Gasteiger partial charge is 0.482 e. The molecule has 1 saturated heterocycles. The number of pyridine rings is 1. The zero-order valence-corrected chi connectivity index (χ0v) is 19.5. The molecule has 1 aromatic carbocycles. The van der Waals surface area contributed by atoms with Crippen molar-refractivity contribution in [2.75, 3.05) is 13.2 Å². The van der Waals surface area contributed by atoms with Gasteiger partial charge in [-0.3, -0.25) is 9.78 Å². The van der Waals surface area contributed by atoms with Crippen molar-refractivity contribution >= 4 is 48.5 Å². The number of aryl methyl sites for hydroxylation is 1. The van der Waals surface area contributed by atoms with E-state index in [-0.39, 0.29) is 18.5 Å². The third-order valence-corrected chi connectivity index (χ3v) is 6.63. The lowest BCUT2D eigenvalue weighted by atomic mass is 10.1. The first-order valence-corrected chi connectivity index (χ1v) is 11.2. The summed E-state index contributed by atoms with van der Waals surface area (Å²) in [5.74, 6) is 0.529. The van der Waals surface area contributed by atoms with Gasteiger partial charge in [0.05, 0.1) is 10.6 Å². The molecule has 0 aliphatic carbocycles. The summed E-state index contributed by atoms with van der Waals surface area (Å²) in [6, 6.07) is 7.70. The molecule has 1 fully saturated rings. The molecule has 4 rings (SSSR count). The lowest BCUT2D eigenvalue weighted by molar-refractivity contribution is 0.0915. The van der Waals surface area contributed by atoms with Crippen LogP contribution in [-0.2, 0) is 11.3 Å². The molecule has 5 nitrogen and oxygen atoms in total. The Kier molecular flexibility index (Phi) is 6.08. The fourth-order valence-corrected chi connectivity index (χ4v) is 5.24. The maximum Gasteiger partial charge on any atom is 0.202 e. The van der Waals surface area contributed by atoms with Crippen molar-refractivity contribution in [2.45, 2.75) is 39.3 Å². The molecule has 0 saturated carbocycles. The lowest BCUT2D eigenvalue weighted by Gasteiger charge is -2.15. The molecule has 1 unspecified atom stereocenters. The first kappa shape index (κ1) is 20.6. The Labute approximate surface area is 186 Å². The minimum atomic E-state index is -0.0457. The van der Waals surface area contributed by atoms with E-state index < -0.39 is 0 Å². The minimum absolute atomic E-state index is 0.0455. The molecular weight excluding hydrogens is 500 g/mol. The zero-order chi connectivity index (χ0) is 20.5. The summed E-state index contributed by atoms with van der Waals surface area (Å²) in [7, 11) is 0. The van der Waals surface area contributed by atoms with Gasteiger partial charge in [0, 0.05) is 46.2 Å². The molecule has 7 heteroatoms. The fourth-order valence-electron chi connectivity index (χ4n) is 3.86. The maximum absolute atomic E-state index is 12.9. The van der Waals surface area contributed by atoms with Gasteiger partial charge in [-0.15, -0.1) is 0 Å². The minimum Gasteiger partial charge on any atom is -0.482 e. The highest BCUT2D eigenvalue weighted by Crippen LogP contribution is 2.37. The van der Waals surface area contributed by atoms with E-state index in [4.69, 9.17) is 9.47 Å². The second-order valence-corrected chi connectivity index (χ2v) is 9.02. The van der Waals surface area contributed by atoms with Crippen LogP contribution in [0, 0.1) is 13.8 Å². The van der Waals surface area contributed by atoms with Gasteiger partial charge in [0.25, 0.3) is 0 Å². The van der Waals surface area contributed by atoms with Crippen LogP contribution in [0.15, 0.2) is 39.4 Å². The molecule has 0 amide bonds. The molecule has 1 atom stereocenters. The standard InChI is InChI=1S/C22H22Br2N2O3/c1-13-9-17(14(2)26(13)11-15-5-4-8-28-15)20(27)12-29-22-19(24)10-18(23)16-6-3-7-25-21(16)22/h3,6-7,9-10,15H,4-5,8,11-12H2,1-2H3. The van der Waals surface area contributed by atoms with Crippen LogP contribution >= 0.6 is 31.9 Å². The van der Waals surface area contributed by atoms with Crippen LogP contribution < -0.4 is 4.74 Å². The van der Waals surface area contributed by atoms with E-state index in [1.807, 2.05) is 38.1 Å². The number of halogens is 2. The molecule has 152 valence electrons. The topological polar surface area (TPSA) is 53.3 Å². The predicted molar refractivity (Wildman–Crippen MR) is 120 cm³/mol. The van der Waals surface area contributed by atoms with Crippen LogP contribution in [0.4, 0.5) is 0 Å². The summed E-state index contributed by atoms with van der Waals surface area (Å²) in [6.45, 7) is 5.59. The summed E-state index contributed by atoms with van der Waals surface area (Å²) in [5, 5.41) is 0.938. The van der Waals surface area contributed by atoms with Gasteiger partial charge in [-0.2, -0.15) is 0 Å². The first-order chi connectivity index (χ1) is 14.0. The van der Waals surface area contributed by atoms with Crippen molar-refractivity contribution in [3.05, 3.63) is 56.4 Å². The van der Waals surface area contributed by atoms with Crippen LogP contribution in [0.5, 0.6) is 5.75 Å². The average molecular weight is 522 g/mol. The molecule has 29 heavy (non-hydrogen) atoms. The number of aromatic nitrogens is 2. The molecule has 3 aromatic rings. The summed E-state index contributed by atoms with van der Waals surface area (Å²) in [4.78, 5) is 17.4. The molecule has 0 radical (unpaired) electrons. The highest BCUT2D eigenvalue weighted by atomic mass is 79.9. The van der Waals surface area contributed by atoms with E-state index in [9.17, 15) is 4.79 Å². The zero-order valence-electron chi connectivity index (χ0n) is 16.4. The number of nitrogens with zero attached hydrogens (tertiary/aromatic N) is 2. The third-order valence-electron chi connectivity index (χ3n) is 5.38. The van der Waals surface area contributed by atoms with Crippen molar-refractivity contribution in [1.82, 2.24) is 9.55 Å². The summed E-state index contributed by atoms with van der Waals surface area (Å²) in [6.07, 6.45) is 4.12. The SMILES string of the molecule is Cc1cc(C(=O)COc2c(Br)cc(Br)c3cccnc23)c(C)n1CC1CCCO1. The highest BCUT2D eigenvalue weighted by molar-refractivity contribution is 9.11. The van der Waals surface area contributed by atoms with Crippen molar-refractivity contribution in [3.8, 4) is 5.75 Å². The van der Waals surface area contributed by atoms with Gasteiger partial charge >= 0.3 is 0 Å². The molecule has 1 aliphatic rings. The molecule has 2 aromatic heterocycles. The normalized spacial score (nSPS) is 16.5. The molecule has 0 N–H and O–H groups in total.